The minimum absolute atomic E-state index is 0.0322. The Bertz CT molecular complexity index is 405. The van der Waals surface area contributed by atoms with Gasteiger partial charge in [0.1, 0.15) is 5.76 Å². The molecule has 0 aliphatic carbocycles. The predicted molar refractivity (Wildman–Crippen MR) is 76.2 cm³/mol. The summed E-state index contributed by atoms with van der Waals surface area (Å²) in [4.78, 5) is 14.3. The zero-order valence-electron chi connectivity index (χ0n) is 12.0. The van der Waals surface area contributed by atoms with Gasteiger partial charge in [-0.05, 0) is 51.3 Å². The third-order valence-corrected chi connectivity index (χ3v) is 3.89. The fraction of sp³-hybridized carbons (Fsp3) is 0.667. The number of rotatable bonds is 7. The quantitative estimate of drug-likeness (QED) is 0.798. The lowest BCUT2D eigenvalue weighted by Crippen LogP contribution is -2.40. The molecule has 1 aromatic heterocycles. The first-order chi connectivity index (χ1) is 9.70. The smallest absolute Gasteiger partial charge is 0.234 e. The van der Waals surface area contributed by atoms with E-state index in [0.29, 0.717) is 12.6 Å². The zero-order valence-corrected chi connectivity index (χ0v) is 12.0. The summed E-state index contributed by atoms with van der Waals surface area (Å²) in [6.45, 7) is 3.55. The minimum Gasteiger partial charge on any atom is -0.467 e. The van der Waals surface area contributed by atoms with Crippen LogP contribution in [0.3, 0.4) is 0 Å². The fourth-order valence-corrected chi connectivity index (χ4v) is 2.84. The van der Waals surface area contributed by atoms with Gasteiger partial charge in [-0.15, -0.1) is 0 Å². The van der Waals surface area contributed by atoms with Gasteiger partial charge in [0.2, 0.25) is 5.91 Å². The predicted octanol–water partition coefficient (Wildman–Crippen LogP) is 1.69. The Labute approximate surface area is 119 Å². The molecule has 2 atom stereocenters. The molecule has 1 amide bonds. The molecule has 2 heterocycles. The topological polar surface area (TPSA) is 65.7 Å². The second kappa shape index (κ2) is 7.45. The van der Waals surface area contributed by atoms with Crippen molar-refractivity contribution in [3.05, 3.63) is 24.2 Å². The van der Waals surface area contributed by atoms with Crippen molar-refractivity contribution in [2.75, 3.05) is 19.7 Å². The van der Waals surface area contributed by atoms with Crippen molar-refractivity contribution in [1.29, 1.82) is 0 Å². The van der Waals surface area contributed by atoms with Crippen LogP contribution >= 0.6 is 0 Å². The fourth-order valence-electron chi connectivity index (χ4n) is 2.84. The normalized spacial score (nSPS) is 21.0. The van der Waals surface area contributed by atoms with Gasteiger partial charge in [-0.3, -0.25) is 9.69 Å². The van der Waals surface area contributed by atoms with Crippen molar-refractivity contribution in [2.24, 2.45) is 0 Å². The third kappa shape index (κ3) is 4.08. The van der Waals surface area contributed by atoms with Crippen molar-refractivity contribution in [2.45, 2.75) is 44.7 Å². The highest BCUT2D eigenvalue weighted by Gasteiger charge is 2.26. The van der Waals surface area contributed by atoms with Gasteiger partial charge in [0, 0.05) is 12.6 Å². The van der Waals surface area contributed by atoms with Crippen molar-refractivity contribution in [1.82, 2.24) is 10.2 Å². The van der Waals surface area contributed by atoms with Gasteiger partial charge in [-0.1, -0.05) is 0 Å². The molecule has 1 aromatic rings. The largest absolute Gasteiger partial charge is 0.467 e. The molecule has 1 saturated heterocycles. The van der Waals surface area contributed by atoms with Crippen LogP contribution in [0.15, 0.2) is 22.8 Å². The highest BCUT2D eigenvalue weighted by molar-refractivity contribution is 5.78. The highest BCUT2D eigenvalue weighted by Crippen LogP contribution is 2.21. The van der Waals surface area contributed by atoms with Crippen LogP contribution in [0.2, 0.25) is 0 Å². The van der Waals surface area contributed by atoms with Crippen LogP contribution in [0.1, 0.15) is 44.4 Å². The Balaban J connectivity index is 1.78. The molecule has 1 aliphatic heterocycles. The molecule has 5 nitrogen and oxygen atoms in total. The molecule has 0 radical (unpaired) electrons. The Morgan fingerprint density at radius 1 is 1.65 bits per heavy atom. The number of hydrogen-bond acceptors (Lipinski definition) is 4. The molecule has 1 fully saturated rings. The molecule has 0 bridgehead atoms. The number of aliphatic hydroxyl groups is 1. The summed E-state index contributed by atoms with van der Waals surface area (Å²) in [7, 11) is 0. The molecule has 1 aliphatic rings. The summed E-state index contributed by atoms with van der Waals surface area (Å²) in [6.07, 6.45) is 5.66. The summed E-state index contributed by atoms with van der Waals surface area (Å²) in [6, 6.07) is 4.02. The highest BCUT2D eigenvalue weighted by atomic mass is 16.3. The average Bonchev–Trinajstić information content (AvgIpc) is 3.07. The second-order valence-electron chi connectivity index (χ2n) is 5.44. The van der Waals surface area contributed by atoms with Gasteiger partial charge < -0.3 is 14.8 Å². The summed E-state index contributed by atoms with van der Waals surface area (Å²) in [5.41, 5.74) is 0. The SMILES string of the molecule is CC(NC(=O)CN1CCCC1CCCO)c1ccco1. The maximum atomic E-state index is 12.1. The van der Waals surface area contributed by atoms with E-state index in [4.69, 9.17) is 9.52 Å². The summed E-state index contributed by atoms with van der Waals surface area (Å²) in [5.74, 6) is 0.807. The average molecular weight is 280 g/mol. The molecule has 112 valence electrons. The molecule has 20 heavy (non-hydrogen) atoms. The lowest BCUT2D eigenvalue weighted by Gasteiger charge is -2.24. The number of carbonyl (C=O) groups is 1. The van der Waals surface area contributed by atoms with E-state index in [2.05, 4.69) is 10.2 Å². The standard InChI is InChI=1S/C15H24N2O3/c1-12(14-7-4-10-20-14)16-15(19)11-17-8-2-5-13(17)6-3-9-18/h4,7,10,12-13,18H,2-3,5-6,8-9,11H2,1H3,(H,16,19). The van der Waals surface area contributed by atoms with Crippen molar-refractivity contribution in [3.8, 4) is 0 Å². The molecular weight excluding hydrogens is 256 g/mol. The molecule has 2 unspecified atom stereocenters. The maximum Gasteiger partial charge on any atom is 0.234 e. The van der Waals surface area contributed by atoms with Crippen LogP contribution < -0.4 is 5.32 Å². The first kappa shape index (κ1) is 15.1. The molecular formula is C15H24N2O3. The zero-order chi connectivity index (χ0) is 14.4. The Morgan fingerprint density at radius 3 is 3.20 bits per heavy atom. The van der Waals surface area contributed by atoms with Gasteiger partial charge in [-0.25, -0.2) is 0 Å². The van der Waals surface area contributed by atoms with Crippen molar-refractivity contribution in [3.63, 3.8) is 0 Å². The number of amides is 1. The van der Waals surface area contributed by atoms with Crippen LogP contribution in [0.4, 0.5) is 0 Å². The van der Waals surface area contributed by atoms with E-state index < -0.39 is 0 Å². The van der Waals surface area contributed by atoms with E-state index in [1.807, 2.05) is 19.1 Å². The Kier molecular flexibility index (Phi) is 5.61. The molecule has 2 N–H and O–H groups in total. The number of likely N-dealkylation sites (tertiary alicyclic amines) is 1. The van der Waals surface area contributed by atoms with Gasteiger partial charge in [0.05, 0.1) is 18.8 Å². The Hall–Kier alpha value is -1.33. The number of hydrogen-bond donors (Lipinski definition) is 2. The second-order valence-corrected chi connectivity index (χ2v) is 5.44. The van der Waals surface area contributed by atoms with E-state index in [9.17, 15) is 4.79 Å². The van der Waals surface area contributed by atoms with E-state index in [0.717, 1.165) is 38.0 Å². The lowest BCUT2D eigenvalue weighted by atomic mass is 10.1. The van der Waals surface area contributed by atoms with Gasteiger partial charge in [-0.2, -0.15) is 0 Å². The van der Waals surface area contributed by atoms with Crippen LogP contribution in [0.25, 0.3) is 0 Å². The van der Waals surface area contributed by atoms with Crippen LogP contribution in [0.5, 0.6) is 0 Å². The number of nitrogens with zero attached hydrogens (tertiary/aromatic N) is 1. The Morgan fingerprint density at radius 2 is 2.50 bits per heavy atom. The van der Waals surface area contributed by atoms with Crippen molar-refractivity contribution >= 4 is 5.91 Å². The van der Waals surface area contributed by atoms with E-state index in [1.165, 1.54) is 0 Å². The molecule has 5 heteroatoms. The summed E-state index contributed by atoms with van der Waals surface area (Å²) >= 11 is 0. The summed E-state index contributed by atoms with van der Waals surface area (Å²) < 4.78 is 5.28. The van der Waals surface area contributed by atoms with Gasteiger partial charge in [0.15, 0.2) is 0 Å². The maximum absolute atomic E-state index is 12.1. The lowest BCUT2D eigenvalue weighted by molar-refractivity contribution is -0.123. The number of nitrogens with one attached hydrogen (secondary N) is 1. The van der Waals surface area contributed by atoms with Crippen molar-refractivity contribution < 1.29 is 14.3 Å². The minimum atomic E-state index is -0.101. The first-order valence-corrected chi connectivity index (χ1v) is 7.38. The van der Waals surface area contributed by atoms with Gasteiger partial charge >= 0.3 is 0 Å². The van der Waals surface area contributed by atoms with E-state index in [-0.39, 0.29) is 18.6 Å². The molecule has 2 rings (SSSR count). The van der Waals surface area contributed by atoms with Gasteiger partial charge in [0.25, 0.3) is 0 Å². The molecule has 0 spiro atoms. The molecule has 0 aromatic carbocycles. The number of furan rings is 1. The monoisotopic (exact) mass is 280 g/mol. The summed E-state index contributed by atoms with van der Waals surface area (Å²) in [5, 5.41) is 11.9. The van der Waals surface area contributed by atoms with E-state index in [1.54, 1.807) is 6.26 Å². The number of carbonyl (C=O) groups excluding carboxylic acids is 1. The van der Waals surface area contributed by atoms with Crippen LogP contribution in [-0.2, 0) is 4.79 Å². The van der Waals surface area contributed by atoms with Crippen LogP contribution in [-0.4, -0.2) is 41.7 Å². The van der Waals surface area contributed by atoms with E-state index >= 15 is 0 Å². The third-order valence-electron chi connectivity index (χ3n) is 3.89. The number of aliphatic hydroxyl groups excluding tert-OH is 1. The molecule has 0 saturated carbocycles. The van der Waals surface area contributed by atoms with Crippen LogP contribution in [0, 0.1) is 0 Å². The first-order valence-electron chi connectivity index (χ1n) is 7.38.